The maximum Gasteiger partial charge on any atom is 0.252 e. The Morgan fingerprint density at radius 1 is 0.972 bits per heavy atom. The van der Waals surface area contributed by atoms with Crippen molar-refractivity contribution in [3.8, 4) is 0 Å². The van der Waals surface area contributed by atoms with Crippen LogP contribution in [0.4, 0.5) is 11.4 Å². The molecule has 0 unspecified atom stereocenters. The molecule has 1 aromatic heterocycles. The molecule has 0 radical (unpaired) electrons. The number of benzene rings is 2. The number of nitrogens with one attached hydrogen (secondary N) is 1. The number of morpholine rings is 1. The van der Waals surface area contributed by atoms with Crippen LogP contribution in [0.3, 0.4) is 0 Å². The zero-order chi connectivity index (χ0) is 24.7. The molecule has 1 amide bonds. The lowest BCUT2D eigenvalue weighted by Gasteiger charge is -2.33. The van der Waals surface area contributed by atoms with Crippen LogP contribution in [0.5, 0.6) is 0 Å². The van der Waals surface area contributed by atoms with Gasteiger partial charge in [0.15, 0.2) is 0 Å². The summed E-state index contributed by atoms with van der Waals surface area (Å²) in [4.78, 5) is 21.5. The average Bonchev–Trinajstić information content (AvgIpc) is 2.91. The number of nitrogens with zero attached hydrogens (tertiary/aromatic N) is 3. The molecule has 7 nitrogen and oxygen atoms in total. The van der Waals surface area contributed by atoms with Crippen molar-refractivity contribution in [3.05, 3.63) is 89.2 Å². The van der Waals surface area contributed by atoms with E-state index in [0.717, 1.165) is 70.2 Å². The molecule has 7 heteroatoms. The third-order valence-corrected chi connectivity index (χ3v) is 7.12. The second-order valence-corrected chi connectivity index (χ2v) is 9.71. The van der Waals surface area contributed by atoms with Gasteiger partial charge in [0.05, 0.1) is 24.5 Å². The molecule has 0 aliphatic carbocycles. The third-order valence-electron chi connectivity index (χ3n) is 7.12. The zero-order valence-electron chi connectivity index (χ0n) is 20.7. The largest absolute Gasteiger partial charge is 0.381 e. The second-order valence-electron chi connectivity index (χ2n) is 9.71. The van der Waals surface area contributed by atoms with Gasteiger partial charge in [-0.15, -0.1) is 0 Å². The minimum absolute atomic E-state index is 0.304. The van der Waals surface area contributed by atoms with Crippen molar-refractivity contribution >= 4 is 17.3 Å². The Labute approximate surface area is 213 Å². The van der Waals surface area contributed by atoms with Gasteiger partial charge in [0.25, 0.3) is 5.91 Å². The van der Waals surface area contributed by atoms with E-state index in [-0.39, 0.29) is 0 Å². The van der Waals surface area contributed by atoms with E-state index in [0.29, 0.717) is 18.0 Å². The first-order valence-electron chi connectivity index (χ1n) is 12.9. The first-order valence-corrected chi connectivity index (χ1v) is 12.9. The number of amides is 1. The molecule has 36 heavy (non-hydrogen) atoms. The zero-order valence-corrected chi connectivity index (χ0v) is 20.7. The molecule has 2 aromatic carbocycles. The molecule has 2 aliphatic rings. The van der Waals surface area contributed by atoms with Crippen molar-refractivity contribution in [2.45, 2.75) is 31.8 Å². The van der Waals surface area contributed by atoms with Crippen LogP contribution in [0.1, 0.15) is 40.0 Å². The van der Waals surface area contributed by atoms with Gasteiger partial charge in [0, 0.05) is 62.8 Å². The normalized spacial score (nSPS) is 17.2. The minimum atomic E-state index is -0.451. The van der Waals surface area contributed by atoms with Crippen LogP contribution in [-0.4, -0.2) is 61.2 Å². The van der Waals surface area contributed by atoms with E-state index < -0.39 is 5.91 Å². The van der Waals surface area contributed by atoms with Crippen molar-refractivity contribution in [2.75, 3.05) is 49.6 Å². The van der Waals surface area contributed by atoms with Crippen LogP contribution in [0.2, 0.25) is 0 Å². The number of nitrogens with two attached hydrogens (primary N) is 1. The Balaban J connectivity index is 1.21. The van der Waals surface area contributed by atoms with E-state index in [4.69, 9.17) is 10.5 Å². The fraction of sp³-hybridized carbons (Fsp3) is 0.379. The van der Waals surface area contributed by atoms with Gasteiger partial charge in [-0.05, 0) is 42.2 Å². The van der Waals surface area contributed by atoms with Crippen molar-refractivity contribution in [1.29, 1.82) is 0 Å². The SMILES string of the molecule is NC(=O)c1cnc(Cc2ccc(N3CCOCC3)cc2)cc1NC1CCN(Cc2ccccc2)CC1. The number of anilines is 2. The molecule has 0 bridgehead atoms. The molecule has 3 aromatic rings. The van der Waals surface area contributed by atoms with E-state index in [9.17, 15) is 4.79 Å². The quantitative estimate of drug-likeness (QED) is 0.506. The van der Waals surface area contributed by atoms with Gasteiger partial charge in [-0.25, -0.2) is 0 Å². The number of pyridine rings is 1. The highest BCUT2D eigenvalue weighted by atomic mass is 16.5. The van der Waals surface area contributed by atoms with Gasteiger partial charge < -0.3 is 20.7 Å². The summed E-state index contributed by atoms with van der Waals surface area (Å²) in [5.74, 6) is -0.451. The van der Waals surface area contributed by atoms with E-state index in [1.807, 2.05) is 6.07 Å². The molecular formula is C29H35N5O2. The van der Waals surface area contributed by atoms with E-state index in [2.05, 4.69) is 74.7 Å². The Morgan fingerprint density at radius 3 is 2.39 bits per heavy atom. The molecule has 2 fully saturated rings. The van der Waals surface area contributed by atoms with Gasteiger partial charge in [-0.3, -0.25) is 14.7 Å². The summed E-state index contributed by atoms with van der Waals surface area (Å²) >= 11 is 0. The number of hydrogen-bond donors (Lipinski definition) is 2. The van der Waals surface area contributed by atoms with Gasteiger partial charge in [-0.2, -0.15) is 0 Å². The average molecular weight is 486 g/mol. The van der Waals surface area contributed by atoms with Crippen LogP contribution in [0, 0.1) is 0 Å². The number of carbonyl (C=O) groups is 1. The number of piperidine rings is 1. The summed E-state index contributed by atoms with van der Waals surface area (Å²) in [6.07, 6.45) is 4.36. The Morgan fingerprint density at radius 2 is 1.69 bits per heavy atom. The van der Waals surface area contributed by atoms with Gasteiger partial charge in [0.2, 0.25) is 0 Å². The summed E-state index contributed by atoms with van der Waals surface area (Å²) in [5.41, 5.74) is 11.6. The van der Waals surface area contributed by atoms with Gasteiger partial charge in [-0.1, -0.05) is 42.5 Å². The molecular weight excluding hydrogens is 450 g/mol. The molecule has 0 atom stereocenters. The van der Waals surface area contributed by atoms with Crippen LogP contribution in [0.15, 0.2) is 66.9 Å². The molecule has 3 N–H and O–H groups in total. The topological polar surface area (TPSA) is 83.7 Å². The van der Waals surface area contributed by atoms with Gasteiger partial charge >= 0.3 is 0 Å². The number of ether oxygens (including phenoxy) is 1. The lowest BCUT2D eigenvalue weighted by atomic mass is 10.0. The molecule has 2 saturated heterocycles. The summed E-state index contributed by atoms with van der Waals surface area (Å²) < 4.78 is 5.45. The van der Waals surface area contributed by atoms with Crippen molar-refractivity contribution < 1.29 is 9.53 Å². The summed E-state index contributed by atoms with van der Waals surface area (Å²) in [6.45, 7) is 6.42. The molecule has 188 valence electrons. The van der Waals surface area contributed by atoms with E-state index >= 15 is 0 Å². The molecule has 0 spiro atoms. The van der Waals surface area contributed by atoms with Crippen LogP contribution < -0.4 is 16.0 Å². The minimum Gasteiger partial charge on any atom is -0.381 e. The predicted octanol–water partition coefficient (Wildman–Crippen LogP) is 3.68. The van der Waals surface area contributed by atoms with Crippen molar-refractivity contribution in [3.63, 3.8) is 0 Å². The summed E-state index contributed by atoms with van der Waals surface area (Å²) in [6, 6.07) is 21.5. The van der Waals surface area contributed by atoms with Crippen molar-refractivity contribution in [2.24, 2.45) is 5.73 Å². The standard InChI is InChI=1S/C29H35N5O2/c30-29(35)27-20-31-25(18-22-6-8-26(9-7-22)34-14-16-36-17-15-34)19-28(27)32-24-10-12-33(13-11-24)21-23-4-2-1-3-5-23/h1-9,19-20,24H,10-18,21H2,(H2,30,35)(H,31,32). The first-order chi connectivity index (χ1) is 17.6. The van der Waals surface area contributed by atoms with E-state index in [1.54, 1.807) is 6.20 Å². The number of carbonyl (C=O) groups excluding carboxylic acids is 1. The fourth-order valence-electron chi connectivity index (χ4n) is 5.06. The molecule has 0 saturated carbocycles. The van der Waals surface area contributed by atoms with Crippen LogP contribution >= 0.6 is 0 Å². The monoisotopic (exact) mass is 485 g/mol. The maximum absolute atomic E-state index is 12.1. The molecule has 5 rings (SSSR count). The number of likely N-dealkylation sites (tertiary alicyclic amines) is 1. The highest BCUT2D eigenvalue weighted by molar-refractivity contribution is 5.98. The molecule has 2 aliphatic heterocycles. The Bertz CT molecular complexity index is 1140. The Hall–Kier alpha value is -3.42. The lowest BCUT2D eigenvalue weighted by Crippen LogP contribution is -2.39. The highest BCUT2D eigenvalue weighted by Gasteiger charge is 2.21. The number of rotatable bonds is 8. The second kappa shape index (κ2) is 11.5. The van der Waals surface area contributed by atoms with Gasteiger partial charge in [0.1, 0.15) is 0 Å². The van der Waals surface area contributed by atoms with E-state index in [1.165, 1.54) is 16.8 Å². The van der Waals surface area contributed by atoms with Crippen LogP contribution in [-0.2, 0) is 17.7 Å². The Kier molecular flexibility index (Phi) is 7.79. The third kappa shape index (κ3) is 6.22. The number of hydrogen-bond acceptors (Lipinski definition) is 6. The molecule has 3 heterocycles. The smallest absolute Gasteiger partial charge is 0.252 e. The first kappa shape index (κ1) is 24.3. The predicted molar refractivity (Wildman–Crippen MR) is 143 cm³/mol. The number of primary amides is 1. The summed E-state index contributed by atoms with van der Waals surface area (Å²) in [7, 11) is 0. The lowest BCUT2D eigenvalue weighted by molar-refractivity contribution is 0.100. The number of aromatic nitrogens is 1. The fourth-order valence-corrected chi connectivity index (χ4v) is 5.06. The maximum atomic E-state index is 12.1. The van der Waals surface area contributed by atoms with Crippen molar-refractivity contribution in [1.82, 2.24) is 9.88 Å². The highest BCUT2D eigenvalue weighted by Crippen LogP contribution is 2.24. The van der Waals surface area contributed by atoms with Crippen LogP contribution in [0.25, 0.3) is 0 Å². The summed E-state index contributed by atoms with van der Waals surface area (Å²) in [5, 5.41) is 3.61.